The van der Waals surface area contributed by atoms with Crippen molar-refractivity contribution in [3.8, 4) is 11.4 Å². The van der Waals surface area contributed by atoms with E-state index in [0.29, 0.717) is 12.1 Å². The van der Waals surface area contributed by atoms with Gasteiger partial charge in [-0.15, -0.1) is 37.2 Å². The summed E-state index contributed by atoms with van der Waals surface area (Å²) < 4.78 is 2.12. The Hall–Kier alpha value is -2.84. The maximum absolute atomic E-state index is 12.6. The van der Waals surface area contributed by atoms with Crippen LogP contribution in [0, 0.1) is 6.92 Å². The molecule has 0 saturated carbocycles. The van der Waals surface area contributed by atoms with Gasteiger partial charge in [-0.1, -0.05) is 18.2 Å². The second-order valence-corrected chi connectivity index (χ2v) is 7.62. The van der Waals surface area contributed by atoms with E-state index in [1.54, 1.807) is 12.5 Å². The quantitative estimate of drug-likeness (QED) is 0.330. The highest BCUT2D eigenvalue weighted by Crippen LogP contribution is 2.38. The number of aryl methyl sites for hydroxylation is 2. The van der Waals surface area contributed by atoms with Gasteiger partial charge in [0, 0.05) is 52.9 Å². The number of para-hydroxylation sites is 1. The predicted molar refractivity (Wildman–Crippen MR) is 140 cm³/mol. The van der Waals surface area contributed by atoms with Crippen molar-refractivity contribution >= 4 is 70.6 Å². The summed E-state index contributed by atoms with van der Waals surface area (Å²) in [6.45, 7) is 2.12. The molecule has 0 aliphatic carbocycles. The molecule has 5 rings (SSSR count). The van der Waals surface area contributed by atoms with Crippen molar-refractivity contribution in [1.82, 2.24) is 19.5 Å². The van der Waals surface area contributed by atoms with E-state index in [-0.39, 0.29) is 43.1 Å². The van der Waals surface area contributed by atoms with Crippen LogP contribution in [0.3, 0.4) is 0 Å². The minimum absolute atomic E-state index is 0. The fourth-order valence-corrected chi connectivity index (χ4v) is 4.11. The topological polar surface area (TPSA) is 102 Å². The second kappa shape index (κ2) is 10.4. The van der Waals surface area contributed by atoms with Gasteiger partial charge in [0.15, 0.2) is 0 Å². The van der Waals surface area contributed by atoms with Gasteiger partial charge in [-0.3, -0.25) is 4.79 Å². The van der Waals surface area contributed by atoms with Gasteiger partial charge < -0.3 is 20.6 Å². The lowest BCUT2D eigenvalue weighted by atomic mass is 10.00. The number of amides is 1. The van der Waals surface area contributed by atoms with Crippen LogP contribution in [0.5, 0.6) is 0 Å². The van der Waals surface area contributed by atoms with Crippen LogP contribution in [0.1, 0.15) is 11.3 Å². The summed E-state index contributed by atoms with van der Waals surface area (Å²) in [6, 6.07) is 13.4. The Morgan fingerprint density at radius 3 is 2.64 bits per heavy atom. The van der Waals surface area contributed by atoms with Crippen LogP contribution in [0.2, 0.25) is 0 Å². The summed E-state index contributed by atoms with van der Waals surface area (Å²) in [5.74, 6) is 0.695. The lowest BCUT2D eigenvalue weighted by Gasteiger charge is -2.15. The molecule has 7 nitrogen and oxygen atoms in total. The van der Waals surface area contributed by atoms with Crippen molar-refractivity contribution in [2.24, 2.45) is 12.8 Å². The van der Waals surface area contributed by atoms with Gasteiger partial charge in [-0.2, -0.15) is 0 Å². The van der Waals surface area contributed by atoms with E-state index in [2.05, 4.69) is 38.9 Å². The molecule has 2 aliphatic heterocycles. The van der Waals surface area contributed by atoms with Crippen LogP contribution in [-0.4, -0.2) is 31.5 Å². The summed E-state index contributed by atoms with van der Waals surface area (Å²) in [6.07, 6.45) is 3.65. The SMILES string of the molecule is Cc1c2c3cc(NC(=O)[C@H](N)Cc4cnc[nH]4)ccc3nc-2n(C)c2ccccc12.Cl.Cl.Cl. The molecule has 0 fully saturated rings. The number of benzene rings is 2. The van der Waals surface area contributed by atoms with E-state index in [1.165, 1.54) is 10.9 Å². The second-order valence-electron chi connectivity index (χ2n) is 7.62. The monoisotopic (exact) mass is 506 g/mol. The zero-order valence-corrected chi connectivity index (χ0v) is 20.5. The third-order valence-electron chi connectivity index (χ3n) is 5.68. The lowest BCUT2D eigenvalue weighted by Crippen LogP contribution is -2.37. The Balaban J connectivity index is 0.00000128. The lowest BCUT2D eigenvalue weighted by molar-refractivity contribution is -0.117. The van der Waals surface area contributed by atoms with E-state index < -0.39 is 6.04 Å². The van der Waals surface area contributed by atoms with E-state index in [1.807, 2.05) is 37.4 Å². The van der Waals surface area contributed by atoms with E-state index in [0.717, 1.165) is 33.5 Å². The minimum Gasteiger partial charge on any atom is -0.348 e. The van der Waals surface area contributed by atoms with Crippen LogP contribution in [-0.2, 0) is 18.3 Å². The number of carbonyl (C=O) groups excluding carboxylic acids is 1. The molecule has 1 aromatic heterocycles. The maximum atomic E-state index is 12.6. The summed E-state index contributed by atoms with van der Waals surface area (Å²) >= 11 is 0. The van der Waals surface area contributed by atoms with Crippen molar-refractivity contribution in [3.05, 3.63) is 66.2 Å². The number of anilines is 1. The number of rotatable bonds is 4. The average Bonchev–Trinajstić information content (AvgIpc) is 3.39. The molecule has 0 spiro atoms. The van der Waals surface area contributed by atoms with Crippen LogP contribution in [0.15, 0.2) is 55.0 Å². The molecule has 0 unspecified atom stereocenters. The van der Waals surface area contributed by atoms with Crippen LogP contribution < -0.4 is 11.1 Å². The Kier molecular flexibility index (Phi) is 8.32. The standard InChI is InChI=1S/C23H22N6O.3ClH/c1-13-16-5-3-4-6-20(16)29(2)22-21(13)17-9-14(7-8-19(17)28-22)27-23(30)18(24)10-15-11-25-12-26-15;;;/h3-9,11-12,18H,10,24H2,1-2H3,(H,25,26)(H,27,30);3*1H/t18-;;;/m1.../s1. The molecule has 0 radical (unpaired) electrons. The molecule has 174 valence electrons. The number of hydrogen-bond donors (Lipinski definition) is 3. The summed E-state index contributed by atoms with van der Waals surface area (Å²) in [7, 11) is 2.03. The van der Waals surface area contributed by atoms with Gasteiger partial charge >= 0.3 is 0 Å². The van der Waals surface area contributed by atoms with Gasteiger partial charge in [0.25, 0.3) is 0 Å². The molecular weight excluding hydrogens is 483 g/mol. The molecular formula is C23H25Cl3N6O. The number of nitrogens with zero attached hydrogens (tertiary/aromatic N) is 3. The van der Waals surface area contributed by atoms with Gasteiger partial charge in [-0.25, -0.2) is 9.97 Å². The largest absolute Gasteiger partial charge is 0.348 e. The summed E-state index contributed by atoms with van der Waals surface area (Å²) in [5.41, 5.74) is 11.9. The maximum Gasteiger partial charge on any atom is 0.241 e. The Morgan fingerprint density at radius 2 is 1.91 bits per heavy atom. The van der Waals surface area contributed by atoms with Crippen LogP contribution in [0.4, 0.5) is 5.69 Å². The Bertz CT molecular complexity index is 1370. The Morgan fingerprint density at radius 1 is 1.15 bits per heavy atom. The molecule has 1 atom stereocenters. The number of carbonyl (C=O) groups is 1. The third-order valence-corrected chi connectivity index (χ3v) is 5.68. The molecule has 1 amide bonds. The van der Waals surface area contributed by atoms with Gasteiger partial charge in [-0.05, 0) is 36.8 Å². The number of H-pyrrole nitrogens is 1. The molecule has 0 saturated heterocycles. The molecule has 0 bridgehead atoms. The van der Waals surface area contributed by atoms with E-state index in [4.69, 9.17) is 10.7 Å². The minimum atomic E-state index is -0.667. The van der Waals surface area contributed by atoms with Crippen molar-refractivity contribution in [2.75, 3.05) is 5.32 Å². The fourth-order valence-electron chi connectivity index (χ4n) is 4.11. The fraction of sp³-hybridized carbons (Fsp3) is 0.174. The summed E-state index contributed by atoms with van der Waals surface area (Å²) in [4.78, 5) is 24.4. The number of halogens is 3. The Labute approximate surface area is 209 Å². The summed E-state index contributed by atoms with van der Waals surface area (Å²) in [5, 5.41) is 5.15. The first-order valence-corrected chi connectivity index (χ1v) is 9.84. The number of aromatic nitrogens is 4. The highest BCUT2D eigenvalue weighted by Gasteiger charge is 2.21. The molecule has 4 N–H and O–H groups in total. The van der Waals surface area contributed by atoms with Crippen molar-refractivity contribution in [3.63, 3.8) is 0 Å². The molecule has 2 aliphatic rings. The first kappa shape index (κ1) is 26.4. The number of aromatic amines is 1. The number of hydrogen-bond acceptors (Lipinski definition) is 4. The third kappa shape index (κ3) is 4.63. The predicted octanol–water partition coefficient (Wildman–Crippen LogP) is 4.64. The van der Waals surface area contributed by atoms with E-state index in [9.17, 15) is 4.79 Å². The zero-order chi connectivity index (χ0) is 20.8. The number of nitrogens with one attached hydrogen (secondary N) is 2. The molecule has 2 aromatic carbocycles. The average molecular weight is 508 g/mol. The van der Waals surface area contributed by atoms with Gasteiger partial charge in [0.2, 0.25) is 5.91 Å². The van der Waals surface area contributed by atoms with Crippen molar-refractivity contribution in [2.45, 2.75) is 19.4 Å². The van der Waals surface area contributed by atoms with Crippen LogP contribution >= 0.6 is 37.2 Å². The molecule has 33 heavy (non-hydrogen) atoms. The molecule has 3 aromatic rings. The number of pyridine rings is 1. The van der Waals surface area contributed by atoms with Crippen molar-refractivity contribution < 1.29 is 4.79 Å². The first-order chi connectivity index (χ1) is 14.5. The highest BCUT2D eigenvalue weighted by molar-refractivity contribution is 6.06. The number of nitrogens with two attached hydrogens (primary N) is 1. The van der Waals surface area contributed by atoms with E-state index >= 15 is 0 Å². The smallest absolute Gasteiger partial charge is 0.241 e. The van der Waals surface area contributed by atoms with Crippen molar-refractivity contribution in [1.29, 1.82) is 0 Å². The number of imidazole rings is 1. The van der Waals surface area contributed by atoms with Gasteiger partial charge in [0.1, 0.15) is 5.82 Å². The highest BCUT2D eigenvalue weighted by atomic mass is 35.5. The zero-order valence-electron chi connectivity index (χ0n) is 18.0. The molecule has 10 heteroatoms. The molecule has 3 heterocycles. The van der Waals surface area contributed by atoms with Gasteiger partial charge in [0.05, 0.1) is 17.9 Å². The van der Waals surface area contributed by atoms with Crippen LogP contribution in [0.25, 0.3) is 33.2 Å². The number of fused-ring (bicyclic) bond motifs is 4. The normalized spacial score (nSPS) is 11.5. The first-order valence-electron chi connectivity index (χ1n) is 9.84.